The monoisotopic (exact) mass is 412 g/mol. The van der Waals surface area contributed by atoms with Crippen LogP contribution in [0.1, 0.15) is 41.0 Å². The molecule has 4 aromatic carbocycles. The minimum Gasteiger partial charge on any atom is -0.459 e. The zero-order valence-corrected chi connectivity index (χ0v) is 17.6. The molecule has 0 aliphatic heterocycles. The van der Waals surface area contributed by atoms with Gasteiger partial charge in [0.2, 0.25) is 0 Å². The van der Waals surface area contributed by atoms with E-state index in [0.717, 1.165) is 21.5 Å². The first-order valence-electron chi connectivity index (χ1n) is 10.4. The zero-order chi connectivity index (χ0) is 21.8. The second-order valence-corrected chi connectivity index (χ2v) is 7.79. The van der Waals surface area contributed by atoms with Gasteiger partial charge in [-0.1, -0.05) is 60.7 Å². The van der Waals surface area contributed by atoms with E-state index >= 15 is 0 Å². The number of ether oxygens (including phenoxy) is 2. The molecular formula is C27H24O4. The highest BCUT2D eigenvalue weighted by Crippen LogP contribution is 2.19. The van der Waals surface area contributed by atoms with Crippen LogP contribution in [0.5, 0.6) is 0 Å². The van der Waals surface area contributed by atoms with Crippen LogP contribution in [0.3, 0.4) is 0 Å². The van der Waals surface area contributed by atoms with Crippen LogP contribution in [0, 0.1) is 0 Å². The molecule has 0 amide bonds. The first-order chi connectivity index (χ1) is 15.0. The Morgan fingerprint density at radius 1 is 0.613 bits per heavy atom. The highest BCUT2D eigenvalue weighted by atomic mass is 16.6. The molecule has 4 aromatic rings. The minimum absolute atomic E-state index is 0.383. The lowest BCUT2D eigenvalue weighted by Gasteiger charge is -2.19. The molecule has 4 nitrogen and oxygen atoms in total. The molecule has 2 atom stereocenters. The summed E-state index contributed by atoms with van der Waals surface area (Å²) in [5, 5.41) is 4.12. The third kappa shape index (κ3) is 4.92. The standard InChI is InChI=1S/C27H24O4/c1-18(30-26(28)24-13-11-20-7-3-5-9-22(20)16-24)15-19(2)31-27(29)25-14-12-21-8-4-6-10-23(21)17-25/h3-14,16-19H,15H2,1-2H3/t18-,19-/m0/s1. The number of fused-ring (bicyclic) bond motifs is 2. The number of carbonyl (C=O) groups excluding carboxylic acids is 2. The van der Waals surface area contributed by atoms with Gasteiger partial charge >= 0.3 is 11.9 Å². The molecule has 4 rings (SSSR count). The quantitative estimate of drug-likeness (QED) is 0.355. The molecule has 0 N–H and O–H groups in total. The number of rotatable bonds is 6. The third-order valence-corrected chi connectivity index (χ3v) is 5.25. The summed E-state index contributed by atoms with van der Waals surface area (Å²) < 4.78 is 11.1. The fraction of sp³-hybridized carbons (Fsp3) is 0.185. The van der Waals surface area contributed by atoms with Crippen LogP contribution in [-0.2, 0) is 9.47 Å². The van der Waals surface area contributed by atoms with E-state index in [1.807, 2.05) is 72.8 Å². The van der Waals surface area contributed by atoms with Crippen LogP contribution in [0.25, 0.3) is 21.5 Å². The van der Waals surface area contributed by atoms with Crippen molar-refractivity contribution in [1.29, 1.82) is 0 Å². The molecule has 0 radical (unpaired) electrons. The molecule has 0 aromatic heterocycles. The molecule has 0 saturated carbocycles. The van der Waals surface area contributed by atoms with E-state index in [1.165, 1.54) is 0 Å². The van der Waals surface area contributed by atoms with Crippen molar-refractivity contribution in [3.8, 4) is 0 Å². The van der Waals surface area contributed by atoms with E-state index in [1.54, 1.807) is 26.0 Å². The Hall–Kier alpha value is -3.66. The maximum Gasteiger partial charge on any atom is 0.338 e. The van der Waals surface area contributed by atoms with E-state index < -0.39 is 12.2 Å². The van der Waals surface area contributed by atoms with Gasteiger partial charge in [-0.15, -0.1) is 0 Å². The summed E-state index contributed by atoms with van der Waals surface area (Å²) in [4.78, 5) is 25.0. The van der Waals surface area contributed by atoms with Gasteiger partial charge in [0.1, 0.15) is 12.2 Å². The second kappa shape index (κ2) is 9.00. The van der Waals surface area contributed by atoms with Crippen molar-refractivity contribution in [2.75, 3.05) is 0 Å². The van der Waals surface area contributed by atoms with Gasteiger partial charge in [-0.05, 0) is 59.7 Å². The van der Waals surface area contributed by atoms with Crippen LogP contribution >= 0.6 is 0 Å². The van der Waals surface area contributed by atoms with Crippen LogP contribution in [0.2, 0.25) is 0 Å². The molecule has 4 heteroatoms. The van der Waals surface area contributed by atoms with Gasteiger partial charge in [0.15, 0.2) is 0 Å². The van der Waals surface area contributed by atoms with E-state index in [4.69, 9.17) is 9.47 Å². The summed E-state index contributed by atoms with van der Waals surface area (Å²) in [6.45, 7) is 3.61. The largest absolute Gasteiger partial charge is 0.459 e. The fourth-order valence-corrected chi connectivity index (χ4v) is 3.70. The van der Waals surface area contributed by atoms with E-state index in [9.17, 15) is 9.59 Å². The van der Waals surface area contributed by atoms with Gasteiger partial charge in [0, 0.05) is 6.42 Å². The molecule has 0 unspecified atom stereocenters. The minimum atomic E-state index is -0.390. The van der Waals surface area contributed by atoms with Gasteiger partial charge in [-0.25, -0.2) is 9.59 Å². The summed E-state index contributed by atoms with van der Waals surface area (Å²) in [6, 6.07) is 26.7. The third-order valence-electron chi connectivity index (χ3n) is 5.25. The molecule has 0 aliphatic carbocycles. The molecule has 0 spiro atoms. The van der Waals surface area contributed by atoms with Crippen molar-refractivity contribution < 1.29 is 19.1 Å². The topological polar surface area (TPSA) is 52.6 Å². The maximum atomic E-state index is 12.5. The highest BCUT2D eigenvalue weighted by molar-refractivity contribution is 5.96. The lowest BCUT2D eigenvalue weighted by molar-refractivity contribution is 0.00765. The summed E-state index contributed by atoms with van der Waals surface area (Å²) in [5.41, 5.74) is 1.01. The Balaban J connectivity index is 1.34. The second-order valence-electron chi connectivity index (χ2n) is 7.79. The Kier molecular flexibility index (Phi) is 5.99. The maximum absolute atomic E-state index is 12.5. The average molecular weight is 412 g/mol. The number of benzene rings is 4. The SMILES string of the molecule is C[C@@H](C[C@H](C)OC(=O)c1ccc2ccccc2c1)OC(=O)c1ccc2ccccc2c1. The summed E-state index contributed by atoms with van der Waals surface area (Å²) in [5.74, 6) is -0.766. The number of hydrogen-bond acceptors (Lipinski definition) is 4. The van der Waals surface area contributed by atoms with Crippen molar-refractivity contribution in [2.45, 2.75) is 32.5 Å². The summed E-state index contributed by atoms with van der Waals surface area (Å²) >= 11 is 0. The summed E-state index contributed by atoms with van der Waals surface area (Å²) in [6.07, 6.45) is -0.365. The Labute approximate surface area is 181 Å². The lowest BCUT2D eigenvalue weighted by atomic mass is 10.1. The Bertz CT molecular complexity index is 1150. The molecular weight excluding hydrogens is 388 g/mol. The molecule has 0 fully saturated rings. The van der Waals surface area contributed by atoms with Gasteiger partial charge < -0.3 is 9.47 Å². The highest BCUT2D eigenvalue weighted by Gasteiger charge is 2.19. The fourth-order valence-electron chi connectivity index (χ4n) is 3.70. The predicted octanol–water partition coefficient (Wildman–Crippen LogP) is 6.17. The zero-order valence-electron chi connectivity index (χ0n) is 17.6. The first kappa shape index (κ1) is 20.6. The van der Waals surface area contributed by atoms with Crippen LogP contribution < -0.4 is 0 Å². The molecule has 156 valence electrons. The van der Waals surface area contributed by atoms with Crippen LogP contribution in [0.15, 0.2) is 84.9 Å². The van der Waals surface area contributed by atoms with Gasteiger partial charge in [0.25, 0.3) is 0 Å². The van der Waals surface area contributed by atoms with E-state index in [0.29, 0.717) is 17.5 Å². The first-order valence-corrected chi connectivity index (χ1v) is 10.4. The number of hydrogen-bond donors (Lipinski definition) is 0. The molecule has 31 heavy (non-hydrogen) atoms. The number of esters is 2. The van der Waals surface area contributed by atoms with Gasteiger partial charge in [0.05, 0.1) is 11.1 Å². The van der Waals surface area contributed by atoms with Crippen molar-refractivity contribution in [3.63, 3.8) is 0 Å². The van der Waals surface area contributed by atoms with Crippen molar-refractivity contribution in [1.82, 2.24) is 0 Å². The van der Waals surface area contributed by atoms with Crippen molar-refractivity contribution in [3.05, 3.63) is 96.1 Å². The van der Waals surface area contributed by atoms with Crippen LogP contribution in [0.4, 0.5) is 0 Å². The number of carbonyl (C=O) groups is 2. The van der Waals surface area contributed by atoms with E-state index in [2.05, 4.69) is 0 Å². The Morgan fingerprint density at radius 2 is 1.00 bits per heavy atom. The lowest BCUT2D eigenvalue weighted by Crippen LogP contribution is -2.23. The van der Waals surface area contributed by atoms with Crippen molar-refractivity contribution in [2.24, 2.45) is 0 Å². The Morgan fingerprint density at radius 3 is 1.42 bits per heavy atom. The molecule has 0 bridgehead atoms. The smallest absolute Gasteiger partial charge is 0.338 e. The van der Waals surface area contributed by atoms with Crippen LogP contribution in [-0.4, -0.2) is 24.1 Å². The predicted molar refractivity (Wildman–Crippen MR) is 122 cm³/mol. The molecule has 0 saturated heterocycles. The molecule has 0 aliphatic rings. The van der Waals surface area contributed by atoms with E-state index in [-0.39, 0.29) is 11.9 Å². The summed E-state index contributed by atoms with van der Waals surface area (Å²) in [7, 11) is 0. The van der Waals surface area contributed by atoms with Crippen molar-refractivity contribution >= 4 is 33.5 Å². The van der Waals surface area contributed by atoms with Gasteiger partial charge in [-0.3, -0.25) is 0 Å². The van der Waals surface area contributed by atoms with Gasteiger partial charge in [-0.2, -0.15) is 0 Å². The molecule has 0 heterocycles. The average Bonchev–Trinajstić information content (AvgIpc) is 2.78. The normalized spacial score (nSPS) is 13.0.